The Kier molecular flexibility index (Phi) is 5.30. The van der Waals surface area contributed by atoms with Gasteiger partial charge >= 0.3 is 0 Å². The highest BCUT2D eigenvalue weighted by molar-refractivity contribution is 7.15. The average molecular weight is 319 g/mol. The molecule has 22 heavy (non-hydrogen) atoms. The molecule has 5 nitrogen and oxygen atoms in total. The molecule has 0 bridgehead atoms. The fourth-order valence-electron chi connectivity index (χ4n) is 1.87. The fourth-order valence-corrected chi connectivity index (χ4v) is 2.69. The van der Waals surface area contributed by atoms with Gasteiger partial charge in [-0.25, -0.2) is 0 Å². The van der Waals surface area contributed by atoms with Gasteiger partial charge in [0.2, 0.25) is 0 Å². The van der Waals surface area contributed by atoms with Gasteiger partial charge in [0.05, 0.1) is 23.0 Å². The SMILES string of the molecule is COc1ccc([C@H](O)CNC(=O)c2ccc(C(C)=O)s2)cc1. The molecule has 2 aromatic rings. The zero-order valence-electron chi connectivity index (χ0n) is 12.3. The Hall–Kier alpha value is -2.18. The minimum Gasteiger partial charge on any atom is -0.497 e. The van der Waals surface area contributed by atoms with Gasteiger partial charge in [-0.05, 0) is 36.8 Å². The van der Waals surface area contributed by atoms with Gasteiger partial charge in [-0.3, -0.25) is 9.59 Å². The van der Waals surface area contributed by atoms with Gasteiger partial charge in [0, 0.05) is 6.54 Å². The average Bonchev–Trinajstić information content (AvgIpc) is 3.02. The summed E-state index contributed by atoms with van der Waals surface area (Å²) in [6, 6.07) is 10.2. The van der Waals surface area contributed by atoms with E-state index in [9.17, 15) is 14.7 Å². The maximum Gasteiger partial charge on any atom is 0.261 e. The van der Waals surface area contributed by atoms with Crippen molar-refractivity contribution in [2.75, 3.05) is 13.7 Å². The van der Waals surface area contributed by atoms with E-state index in [2.05, 4.69) is 5.32 Å². The molecule has 0 fully saturated rings. The number of ether oxygens (including phenoxy) is 1. The molecule has 0 aliphatic carbocycles. The van der Waals surface area contributed by atoms with Crippen LogP contribution in [0.1, 0.15) is 37.9 Å². The van der Waals surface area contributed by atoms with Crippen LogP contribution in [-0.2, 0) is 0 Å². The lowest BCUT2D eigenvalue weighted by Crippen LogP contribution is -2.27. The lowest BCUT2D eigenvalue weighted by Gasteiger charge is -2.12. The van der Waals surface area contributed by atoms with Crippen LogP contribution >= 0.6 is 11.3 Å². The van der Waals surface area contributed by atoms with Crippen LogP contribution in [0, 0.1) is 0 Å². The molecule has 1 heterocycles. The second-order valence-electron chi connectivity index (χ2n) is 4.72. The molecule has 6 heteroatoms. The van der Waals surface area contributed by atoms with Crippen LogP contribution in [0.25, 0.3) is 0 Å². The Morgan fingerprint density at radius 2 is 1.82 bits per heavy atom. The van der Waals surface area contributed by atoms with Gasteiger partial charge in [-0.15, -0.1) is 11.3 Å². The number of nitrogens with one attached hydrogen (secondary N) is 1. The summed E-state index contributed by atoms with van der Waals surface area (Å²) in [6.45, 7) is 1.55. The van der Waals surface area contributed by atoms with Crippen molar-refractivity contribution >= 4 is 23.0 Å². The Labute approximate surface area is 132 Å². The van der Waals surface area contributed by atoms with Crippen LogP contribution in [0.2, 0.25) is 0 Å². The van der Waals surface area contributed by atoms with E-state index in [0.29, 0.717) is 21.1 Å². The number of carbonyl (C=O) groups excluding carboxylic acids is 2. The maximum atomic E-state index is 12.0. The van der Waals surface area contributed by atoms with Crippen LogP contribution < -0.4 is 10.1 Å². The number of benzene rings is 1. The number of hydrogen-bond acceptors (Lipinski definition) is 5. The van der Waals surface area contributed by atoms with Crippen LogP contribution in [0.5, 0.6) is 5.75 Å². The Morgan fingerprint density at radius 3 is 2.36 bits per heavy atom. The number of ketones is 1. The Morgan fingerprint density at radius 1 is 1.18 bits per heavy atom. The lowest BCUT2D eigenvalue weighted by molar-refractivity contribution is 0.0920. The molecule has 1 aromatic carbocycles. The number of aliphatic hydroxyl groups is 1. The zero-order chi connectivity index (χ0) is 16.1. The smallest absolute Gasteiger partial charge is 0.261 e. The van der Waals surface area contributed by atoms with Crippen molar-refractivity contribution < 1.29 is 19.4 Å². The standard InChI is InChI=1S/C16H17NO4S/c1-10(18)14-7-8-15(22-14)16(20)17-9-13(19)11-3-5-12(21-2)6-4-11/h3-8,13,19H,9H2,1-2H3,(H,17,20)/t13-/m1/s1. The number of aliphatic hydroxyl groups excluding tert-OH is 1. The Balaban J connectivity index is 1.92. The quantitative estimate of drug-likeness (QED) is 0.802. The molecule has 0 unspecified atom stereocenters. The lowest BCUT2D eigenvalue weighted by atomic mass is 10.1. The molecule has 116 valence electrons. The first-order valence-electron chi connectivity index (χ1n) is 6.72. The molecule has 0 radical (unpaired) electrons. The van der Waals surface area contributed by atoms with Gasteiger partial charge in [0.25, 0.3) is 5.91 Å². The summed E-state index contributed by atoms with van der Waals surface area (Å²) >= 11 is 1.14. The van der Waals surface area contributed by atoms with Crippen molar-refractivity contribution in [3.8, 4) is 5.75 Å². The number of thiophene rings is 1. The van der Waals surface area contributed by atoms with Crippen molar-refractivity contribution in [1.29, 1.82) is 0 Å². The van der Waals surface area contributed by atoms with E-state index >= 15 is 0 Å². The van der Waals surface area contributed by atoms with Crippen LogP contribution in [-0.4, -0.2) is 30.5 Å². The summed E-state index contributed by atoms with van der Waals surface area (Å²) in [5.74, 6) is 0.336. The van der Waals surface area contributed by atoms with Crippen LogP contribution in [0.4, 0.5) is 0 Å². The van der Waals surface area contributed by atoms with Crippen LogP contribution in [0.15, 0.2) is 36.4 Å². The second-order valence-corrected chi connectivity index (χ2v) is 5.80. The van der Waals surface area contributed by atoms with Crippen molar-refractivity contribution in [3.63, 3.8) is 0 Å². The number of hydrogen-bond donors (Lipinski definition) is 2. The number of carbonyl (C=O) groups is 2. The molecular formula is C16H17NO4S. The predicted octanol–water partition coefficient (Wildman–Crippen LogP) is 2.42. The van der Waals surface area contributed by atoms with E-state index in [-0.39, 0.29) is 18.2 Å². The largest absolute Gasteiger partial charge is 0.497 e. The van der Waals surface area contributed by atoms with Crippen LogP contribution in [0.3, 0.4) is 0 Å². The molecule has 0 saturated heterocycles. The highest BCUT2D eigenvalue weighted by Crippen LogP contribution is 2.19. The van der Waals surface area contributed by atoms with Crippen molar-refractivity contribution in [2.45, 2.75) is 13.0 Å². The first-order chi connectivity index (χ1) is 10.5. The molecule has 0 aliphatic rings. The van der Waals surface area contributed by atoms with E-state index in [0.717, 1.165) is 11.3 Å². The first kappa shape index (κ1) is 16.2. The van der Waals surface area contributed by atoms with Crippen molar-refractivity contribution in [2.24, 2.45) is 0 Å². The summed E-state index contributed by atoms with van der Waals surface area (Å²) in [5, 5.41) is 12.7. The number of methoxy groups -OCH3 is 1. The molecule has 1 aromatic heterocycles. The maximum absolute atomic E-state index is 12.0. The third kappa shape index (κ3) is 3.93. The van der Waals surface area contributed by atoms with Gasteiger partial charge in [-0.1, -0.05) is 12.1 Å². The zero-order valence-corrected chi connectivity index (χ0v) is 13.1. The number of rotatable bonds is 6. The predicted molar refractivity (Wildman–Crippen MR) is 84.6 cm³/mol. The third-order valence-corrected chi connectivity index (χ3v) is 4.32. The minimum atomic E-state index is -0.804. The third-order valence-electron chi connectivity index (χ3n) is 3.13. The van der Waals surface area contributed by atoms with E-state index in [1.807, 2.05) is 0 Å². The van der Waals surface area contributed by atoms with E-state index in [1.54, 1.807) is 43.5 Å². The topological polar surface area (TPSA) is 75.6 Å². The highest BCUT2D eigenvalue weighted by atomic mass is 32.1. The molecule has 0 aliphatic heterocycles. The normalized spacial score (nSPS) is 11.8. The monoisotopic (exact) mass is 319 g/mol. The van der Waals surface area contributed by atoms with E-state index < -0.39 is 6.10 Å². The summed E-state index contributed by atoms with van der Waals surface area (Å²) in [6.07, 6.45) is -0.804. The minimum absolute atomic E-state index is 0.0673. The summed E-state index contributed by atoms with van der Waals surface area (Å²) in [7, 11) is 1.57. The Bertz CT molecular complexity index is 663. The van der Waals surface area contributed by atoms with E-state index in [1.165, 1.54) is 6.92 Å². The van der Waals surface area contributed by atoms with Crippen molar-refractivity contribution in [3.05, 3.63) is 51.7 Å². The summed E-state index contributed by atoms with van der Waals surface area (Å²) < 4.78 is 5.05. The van der Waals surface area contributed by atoms with E-state index in [4.69, 9.17) is 4.74 Å². The highest BCUT2D eigenvalue weighted by Gasteiger charge is 2.14. The first-order valence-corrected chi connectivity index (χ1v) is 7.54. The number of Topliss-reactive ketones (excluding diaryl/α,β-unsaturated/α-hetero) is 1. The van der Waals surface area contributed by atoms with Crippen molar-refractivity contribution in [1.82, 2.24) is 5.32 Å². The van der Waals surface area contributed by atoms with Gasteiger partial charge in [0.15, 0.2) is 5.78 Å². The van der Waals surface area contributed by atoms with Gasteiger partial charge in [-0.2, -0.15) is 0 Å². The molecule has 1 amide bonds. The molecule has 2 rings (SSSR count). The van der Waals surface area contributed by atoms with Gasteiger partial charge < -0.3 is 15.2 Å². The summed E-state index contributed by atoms with van der Waals surface area (Å²) in [4.78, 5) is 24.2. The second kappa shape index (κ2) is 7.20. The molecular weight excluding hydrogens is 302 g/mol. The summed E-state index contributed by atoms with van der Waals surface area (Å²) in [5.41, 5.74) is 0.691. The molecule has 0 saturated carbocycles. The molecule has 0 spiro atoms. The molecule has 2 N–H and O–H groups in total. The van der Waals surface area contributed by atoms with Gasteiger partial charge in [0.1, 0.15) is 5.75 Å². The number of amides is 1. The fraction of sp³-hybridized carbons (Fsp3) is 0.250. The molecule has 1 atom stereocenters.